The van der Waals surface area contributed by atoms with Crippen molar-refractivity contribution in [3.63, 3.8) is 0 Å². The zero-order valence-electron chi connectivity index (χ0n) is 12.4. The first kappa shape index (κ1) is 16.3. The molecule has 4 nitrogen and oxygen atoms in total. The summed E-state index contributed by atoms with van der Waals surface area (Å²) in [5, 5.41) is 12.1. The van der Waals surface area contributed by atoms with E-state index in [4.69, 9.17) is 9.84 Å². The van der Waals surface area contributed by atoms with E-state index < -0.39 is 23.8 Å². The molecule has 1 aliphatic heterocycles. The van der Waals surface area contributed by atoms with E-state index in [1.165, 1.54) is 24.3 Å². The average Bonchev–Trinajstić information content (AvgIpc) is 2.76. The number of fused-ring (bicyclic) bond motifs is 1. The third-order valence-corrected chi connectivity index (χ3v) is 3.90. The van der Waals surface area contributed by atoms with Crippen LogP contribution in [0.15, 0.2) is 42.5 Å². The molecule has 0 amide bonds. The van der Waals surface area contributed by atoms with Crippen molar-refractivity contribution in [2.75, 3.05) is 6.61 Å². The summed E-state index contributed by atoms with van der Waals surface area (Å²) in [7, 11) is 0. The summed E-state index contributed by atoms with van der Waals surface area (Å²) in [6, 6.07) is 9.13. The molecule has 0 saturated carbocycles. The van der Waals surface area contributed by atoms with Gasteiger partial charge in [-0.3, -0.25) is 0 Å². The molecule has 1 atom stereocenters. The highest BCUT2D eigenvalue weighted by atomic mass is 19.4. The molecule has 126 valence electrons. The minimum atomic E-state index is -4.45. The second-order valence-electron chi connectivity index (χ2n) is 5.46. The zero-order chi connectivity index (χ0) is 17.3. The lowest BCUT2D eigenvalue weighted by molar-refractivity contribution is -0.138. The Morgan fingerprint density at radius 3 is 2.67 bits per heavy atom. The Morgan fingerprint density at radius 2 is 1.96 bits per heavy atom. The predicted molar refractivity (Wildman–Crippen MR) is 79.9 cm³/mol. The molecule has 0 radical (unpaired) electrons. The summed E-state index contributed by atoms with van der Waals surface area (Å²) >= 11 is 0. The largest absolute Gasteiger partial charge is 0.491 e. The van der Waals surface area contributed by atoms with Crippen molar-refractivity contribution in [2.24, 2.45) is 0 Å². The third kappa shape index (κ3) is 3.21. The van der Waals surface area contributed by atoms with E-state index in [-0.39, 0.29) is 24.3 Å². The Kier molecular flexibility index (Phi) is 4.19. The van der Waals surface area contributed by atoms with Crippen LogP contribution in [0.25, 0.3) is 0 Å². The van der Waals surface area contributed by atoms with Crippen LogP contribution >= 0.6 is 0 Å². The normalized spacial score (nSPS) is 17.5. The van der Waals surface area contributed by atoms with Crippen molar-refractivity contribution in [1.82, 2.24) is 5.32 Å². The first-order valence-electron chi connectivity index (χ1n) is 7.25. The van der Waals surface area contributed by atoms with E-state index in [0.29, 0.717) is 11.3 Å². The summed E-state index contributed by atoms with van der Waals surface area (Å²) in [4.78, 5) is 11.0. The predicted octanol–water partition coefficient (Wildman–Crippen LogP) is 3.63. The van der Waals surface area contributed by atoms with Crippen molar-refractivity contribution in [3.05, 3.63) is 64.7 Å². The van der Waals surface area contributed by atoms with Gasteiger partial charge in [-0.25, -0.2) is 4.79 Å². The van der Waals surface area contributed by atoms with Gasteiger partial charge >= 0.3 is 12.1 Å². The Morgan fingerprint density at radius 1 is 1.21 bits per heavy atom. The molecule has 1 unspecified atom stereocenters. The second-order valence-corrected chi connectivity index (χ2v) is 5.46. The van der Waals surface area contributed by atoms with Gasteiger partial charge in [-0.1, -0.05) is 24.3 Å². The van der Waals surface area contributed by atoms with Gasteiger partial charge in [-0.15, -0.1) is 0 Å². The fourth-order valence-corrected chi connectivity index (χ4v) is 2.69. The Balaban J connectivity index is 1.89. The maximum atomic E-state index is 13.2. The van der Waals surface area contributed by atoms with Crippen molar-refractivity contribution in [2.45, 2.75) is 18.8 Å². The summed E-state index contributed by atoms with van der Waals surface area (Å²) < 4.78 is 45.1. The average molecular weight is 337 g/mol. The first-order valence-corrected chi connectivity index (χ1v) is 7.25. The van der Waals surface area contributed by atoms with Crippen LogP contribution in [-0.2, 0) is 12.7 Å². The van der Waals surface area contributed by atoms with Crippen LogP contribution < -0.4 is 10.1 Å². The van der Waals surface area contributed by atoms with E-state index in [1.807, 2.05) is 0 Å². The Hall–Kier alpha value is -2.54. The molecule has 24 heavy (non-hydrogen) atoms. The molecule has 1 heterocycles. The van der Waals surface area contributed by atoms with Crippen LogP contribution in [0.2, 0.25) is 0 Å². The lowest BCUT2D eigenvalue weighted by Crippen LogP contribution is -2.26. The Labute approximate surface area is 135 Å². The first-order chi connectivity index (χ1) is 11.4. The summed E-state index contributed by atoms with van der Waals surface area (Å²) in [5.41, 5.74) is 0.175. The van der Waals surface area contributed by atoms with E-state index in [0.717, 1.165) is 6.07 Å². The molecule has 1 aliphatic rings. The number of aromatic carboxylic acids is 1. The van der Waals surface area contributed by atoms with Crippen LogP contribution in [-0.4, -0.2) is 17.7 Å². The second kappa shape index (κ2) is 6.16. The SMILES string of the molecule is O=C(O)c1ccc2c(c1)OCC(c1ccccc1C(F)(F)F)NC2. The monoisotopic (exact) mass is 337 g/mol. The molecule has 3 rings (SSSR count). The molecule has 0 aliphatic carbocycles. The van der Waals surface area contributed by atoms with Crippen molar-refractivity contribution < 1.29 is 27.8 Å². The molecule has 0 bridgehead atoms. The highest BCUT2D eigenvalue weighted by molar-refractivity contribution is 5.88. The summed E-state index contributed by atoms with van der Waals surface area (Å²) in [6.45, 7) is 0.259. The molecule has 0 fully saturated rings. The molecule has 7 heteroatoms. The number of ether oxygens (including phenoxy) is 1. The number of carbonyl (C=O) groups is 1. The molecular formula is C17H14F3NO3. The number of halogens is 3. The number of carboxylic acid groups (broad SMARTS) is 1. The standard InChI is InChI=1S/C17H14F3NO3/c18-17(19,20)13-4-2-1-3-12(13)14-9-24-15-7-10(16(22)23)5-6-11(15)8-21-14/h1-7,14,21H,8-9H2,(H,22,23). The number of carboxylic acids is 1. The van der Waals surface area contributed by atoms with Crippen LogP contribution in [0.4, 0.5) is 13.2 Å². The minimum Gasteiger partial charge on any atom is -0.491 e. The van der Waals surface area contributed by atoms with Gasteiger partial charge in [-0.2, -0.15) is 13.2 Å². The van der Waals surface area contributed by atoms with Crippen LogP contribution in [0.1, 0.15) is 33.1 Å². The maximum absolute atomic E-state index is 13.2. The summed E-state index contributed by atoms with van der Waals surface area (Å²) in [5.74, 6) is -0.716. The number of nitrogens with one attached hydrogen (secondary N) is 1. The fourth-order valence-electron chi connectivity index (χ4n) is 2.69. The van der Waals surface area contributed by atoms with Gasteiger partial charge in [0.2, 0.25) is 0 Å². The van der Waals surface area contributed by atoms with Crippen molar-refractivity contribution in [3.8, 4) is 5.75 Å². The van der Waals surface area contributed by atoms with Gasteiger partial charge in [0.25, 0.3) is 0 Å². The number of rotatable bonds is 2. The fraction of sp³-hybridized carbons (Fsp3) is 0.235. The molecule has 2 N–H and O–H groups in total. The lowest BCUT2D eigenvalue weighted by atomic mass is 10.0. The van der Waals surface area contributed by atoms with Gasteiger partial charge < -0.3 is 15.2 Å². The highest BCUT2D eigenvalue weighted by Gasteiger charge is 2.35. The smallest absolute Gasteiger partial charge is 0.416 e. The zero-order valence-corrected chi connectivity index (χ0v) is 12.4. The van der Waals surface area contributed by atoms with E-state index >= 15 is 0 Å². The van der Waals surface area contributed by atoms with Crippen LogP contribution in [0.3, 0.4) is 0 Å². The van der Waals surface area contributed by atoms with Crippen LogP contribution in [0.5, 0.6) is 5.75 Å². The van der Waals surface area contributed by atoms with E-state index in [2.05, 4.69) is 5.32 Å². The summed E-state index contributed by atoms with van der Waals surface area (Å²) in [6.07, 6.45) is -4.45. The van der Waals surface area contributed by atoms with Gasteiger partial charge in [0.1, 0.15) is 12.4 Å². The maximum Gasteiger partial charge on any atom is 0.416 e. The highest BCUT2D eigenvalue weighted by Crippen LogP contribution is 2.36. The van der Waals surface area contributed by atoms with Gasteiger partial charge in [0.05, 0.1) is 17.2 Å². The third-order valence-electron chi connectivity index (χ3n) is 3.90. The van der Waals surface area contributed by atoms with Gasteiger partial charge in [0.15, 0.2) is 0 Å². The van der Waals surface area contributed by atoms with Gasteiger partial charge in [0, 0.05) is 12.1 Å². The van der Waals surface area contributed by atoms with Crippen LogP contribution in [0, 0.1) is 0 Å². The van der Waals surface area contributed by atoms with Crippen molar-refractivity contribution in [1.29, 1.82) is 0 Å². The molecular weight excluding hydrogens is 323 g/mol. The molecule has 2 aromatic rings. The molecule has 2 aromatic carbocycles. The van der Waals surface area contributed by atoms with E-state index in [9.17, 15) is 18.0 Å². The number of benzene rings is 2. The molecule has 0 aromatic heterocycles. The molecule has 0 spiro atoms. The quantitative estimate of drug-likeness (QED) is 0.879. The number of alkyl halides is 3. The van der Waals surface area contributed by atoms with Gasteiger partial charge in [-0.05, 0) is 23.8 Å². The van der Waals surface area contributed by atoms with Crippen molar-refractivity contribution >= 4 is 5.97 Å². The lowest BCUT2D eigenvalue weighted by Gasteiger charge is -2.20. The topological polar surface area (TPSA) is 58.6 Å². The Bertz CT molecular complexity index is 774. The number of hydrogen-bond acceptors (Lipinski definition) is 3. The number of hydrogen-bond donors (Lipinski definition) is 2. The molecule has 0 saturated heterocycles. The van der Waals surface area contributed by atoms with E-state index in [1.54, 1.807) is 12.1 Å². The minimum absolute atomic E-state index is 0.0246.